The van der Waals surface area contributed by atoms with Gasteiger partial charge in [0.2, 0.25) is 0 Å². The maximum atomic E-state index is 2.27. The van der Waals surface area contributed by atoms with E-state index in [1.54, 1.807) is 0 Å². The van der Waals surface area contributed by atoms with Gasteiger partial charge >= 0.3 is 0 Å². The molecule has 0 spiro atoms. The Bertz CT molecular complexity index is 110. The summed E-state index contributed by atoms with van der Waals surface area (Å²) in [6.45, 7) is 4.53. The van der Waals surface area contributed by atoms with E-state index in [1.165, 1.54) is 70.6 Å². The molecule has 0 amide bonds. The standard InChI is InChI=1S/C9H20.C6H10/c1-3-5-7-9-8-6-4-2;1-2-4-6-5-3-1/h3-9H2,1-2H3;1-2H,3-6H2. The van der Waals surface area contributed by atoms with Crippen molar-refractivity contribution in [3.05, 3.63) is 12.2 Å². The molecular weight excluding hydrogens is 180 g/mol. The van der Waals surface area contributed by atoms with Crippen molar-refractivity contribution >= 4 is 0 Å². The summed E-state index contributed by atoms with van der Waals surface area (Å²) in [6.07, 6.45) is 20.0. The van der Waals surface area contributed by atoms with Gasteiger partial charge in [-0.25, -0.2) is 0 Å². The first-order valence-electron chi connectivity index (χ1n) is 7.06. The molecule has 0 N–H and O–H groups in total. The second-order valence-corrected chi connectivity index (χ2v) is 4.52. The van der Waals surface area contributed by atoms with Crippen LogP contribution in [0.4, 0.5) is 0 Å². The van der Waals surface area contributed by atoms with Crippen LogP contribution in [-0.2, 0) is 0 Å². The molecule has 0 heterocycles. The summed E-state index contributed by atoms with van der Waals surface area (Å²) in [4.78, 5) is 0. The molecule has 0 aromatic heterocycles. The van der Waals surface area contributed by atoms with E-state index in [1.807, 2.05) is 0 Å². The highest BCUT2D eigenvalue weighted by molar-refractivity contribution is 4.85. The molecule has 0 aliphatic heterocycles. The average molecular weight is 210 g/mol. The number of rotatable bonds is 6. The fourth-order valence-electron chi connectivity index (χ4n) is 1.79. The van der Waals surface area contributed by atoms with Crippen molar-refractivity contribution in [3.63, 3.8) is 0 Å². The summed E-state index contributed by atoms with van der Waals surface area (Å²) in [5, 5.41) is 0. The zero-order valence-electron chi connectivity index (χ0n) is 10.9. The number of allylic oxidation sites excluding steroid dienone is 2. The highest BCUT2D eigenvalue weighted by Crippen LogP contribution is 2.07. The van der Waals surface area contributed by atoms with Gasteiger partial charge in [-0.05, 0) is 25.7 Å². The highest BCUT2D eigenvalue weighted by atomic mass is 13.9. The molecule has 0 radical (unpaired) electrons. The first kappa shape index (κ1) is 14.7. The lowest BCUT2D eigenvalue weighted by Crippen LogP contribution is -1.77. The summed E-state index contributed by atoms with van der Waals surface area (Å²) in [6, 6.07) is 0. The van der Waals surface area contributed by atoms with E-state index in [-0.39, 0.29) is 0 Å². The minimum absolute atomic E-state index is 1.32. The lowest BCUT2D eigenvalue weighted by Gasteiger charge is -1.97. The molecule has 0 fully saturated rings. The average Bonchev–Trinajstić information content (AvgIpc) is 2.32. The topological polar surface area (TPSA) is 0 Å². The quantitative estimate of drug-likeness (QED) is 0.380. The molecule has 0 saturated heterocycles. The Labute approximate surface area is 97.2 Å². The Kier molecular flexibility index (Phi) is 13.5. The third-order valence-corrected chi connectivity index (χ3v) is 2.87. The number of hydrogen-bond donors (Lipinski definition) is 0. The number of hydrogen-bond acceptors (Lipinski definition) is 0. The van der Waals surface area contributed by atoms with E-state index in [0.29, 0.717) is 0 Å². The lowest BCUT2D eigenvalue weighted by atomic mass is 10.1. The molecule has 1 aliphatic carbocycles. The van der Waals surface area contributed by atoms with Gasteiger partial charge in [-0.1, -0.05) is 70.9 Å². The van der Waals surface area contributed by atoms with Crippen molar-refractivity contribution in [2.45, 2.75) is 84.5 Å². The van der Waals surface area contributed by atoms with Crippen LogP contribution in [0.2, 0.25) is 0 Å². The molecule has 0 saturated carbocycles. The van der Waals surface area contributed by atoms with Crippen LogP contribution in [0, 0.1) is 0 Å². The summed E-state index contributed by atoms with van der Waals surface area (Å²) in [5.74, 6) is 0. The molecule has 0 nitrogen and oxygen atoms in total. The fourth-order valence-corrected chi connectivity index (χ4v) is 1.79. The Hall–Kier alpha value is -0.260. The molecule has 0 unspecified atom stereocenters. The van der Waals surface area contributed by atoms with Crippen molar-refractivity contribution in [2.75, 3.05) is 0 Å². The number of unbranched alkanes of at least 4 members (excludes halogenated alkanes) is 6. The molecule has 15 heavy (non-hydrogen) atoms. The molecular formula is C15H30. The van der Waals surface area contributed by atoms with Gasteiger partial charge in [0.15, 0.2) is 0 Å². The van der Waals surface area contributed by atoms with Crippen LogP contribution >= 0.6 is 0 Å². The summed E-state index contributed by atoms with van der Waals surface area (Å²) >= 11 is 0. The van der Waals surface area contributed by atoms with Gasteiger partial charge in [-0.15, -0.1) is 0 Å². The minimum Gasteiger partial charge on any atom is -0.0885 e. The predicted molar refractivity (Wildman–Crippen MR) is 71.3 cm³/mol. The van der Waals surface area contributed by atoms with Crippen molar-refractivity contribution in [1.29, 1.82) is 0 Å². The van der Waals surface area contributed by atoms with E-state index in [9.17, 15) is 0 Å². The van der Waals surface area contributed by atoms with Crippen molar-refractivity contribution < 1.29 is 0 Å². The summed E-state index contributed by atoms with van der Waals surface area (Å²) in [7, 11) is 0. The van der Waals surface area contributed by atoms with E-state index in [0.717, 1.165) is 0 Å². The minimum atomic E-state index is 1.32. The normalized spacial score (nSPS) is 14.5. The summed E-state index contributed by atoms with van der Waals surface area (Å²) in [5.41, 5.74) is 0. The maximum absolute atomic E-state index is 2.27. The zero-order valence-corrected chi connectivity index (χ0v) is 10.9. The van der Waals surface area contributed by atoms with Crippen LogP contribution in [0.1, 0.15) is 84.5 Å². The monoisotopic (exact) mass is 210 g/mol. The highest BCUT2D eigenvalue weighted by Gasteiger charge is 1.87. The van der Waals surface area contributed by atoms with Gasteiger partial charge < -0.3 is 0 Å². The van der Waals surface area contributed by atoms with Gasteiger partial charge in [-0.3, -0.25) is 0 Å². The predicted octanol–water partition coefficient (Wildman–Crippen LogP) is 5.87. The third-order valence-electron chi connectivity index (χ3n) is 2.87. The molecule has 0 bridgehead atoms. The van der Waals surface area contributed by atoms with Gasteiger partial charge in [-0.2, -0.15) is 0 Å². The van der Waals surface area contributed by atoms with E-state index >= 15 is 0 Å². The van der Waals surface area contributed by atoms with Crippen molar-refractivity contribution in [1.82, 2.24) is 0 Å². The third kappa shape index (κ3) is 13.7. The molecule has 0 aromatic rings. The molecule has 1 rings (SSSR count). The zero-order chi connectivity index (χ0) is 11.2. The van der Waals surface area contributed by atoms with Gasteiger partial charge in [0.05, 0.1) is 0 Å². The second-order valence-electron chi connectivity index (χ2n) is 4.52. The fraction of sp³-hybridized carbons (Fsp3) is 0.867. The van der Waals surface area contributed by atoms with Crippen LogP contribution in [0.15, 0.2) is 12.2 Å². The van der Waals surface area contributed by atoms with Crippen molar-refractivity contribution in [3.8, 4) is 0 Å². The van der Waals surface area contributed by atoms with Gasteiger partial charge in [0.25, 0.3) is 0 Å². The molecule has 90 valence electrons. The van der Waals surface area contributed by atoms with Crippen LogP contribution in [0.25, 0.3) is 0 Å². The maximum Gasteiger partial charge on any atom is -0.0351 e. The Balaban J connectivity index is 0.000000280. The Morgan fingerprint density at radius 2 is 1.07 bits per heavy atom. The van der Waals surface area contributed by atoms with E-state index in [2.05, 4.69) is 26.0 Å². The van der Waals surface area contributed by atoms with Gasteiger partial charge in [0, 0.05) is 0 Å². The largest absolute Gasteiger partial charge is 0.0885 e. The SMILES string of the molecule is C1=CCCCC1.CCCCCCCCC. The van der Waals surface area contributed by atoms with Gasteiger partial charge in [0.1, 0.15) is 0 Å². The summed E-state index contributed by atoms with van der Waals surface area (Å²) < 4.78 is 0. The van der Waals surface area contributed by atoms with Crippen LogP contribution in [-0.4, -0.2) is 0 Å². The first-order valence-corrected chi connectivity index (χ1v) is 7.06. The molecule has 0 heteroatoms. The molecule has 0 atom stereocenters. The molecule has 1 aliphatic rings. The van der Waals surface area contributed by atoms with Crippen molar-refractivity contribution in [2.24, 2.45) is 0 Å². The first-order chi connectivity index (χ1) is 7.41. The second kappa shape index (κ2) is 13.7. The lowest BCUT2D eigenvalue weighted by molar-refractivity contribution is 0.602. The van der Waals surface area contributed by atoms with Crippen LogP contribution < -0.4 is 0 Å². The van der Waals surface area contributed by atoms with Crippen LogP contribution in [0.3, 0.4) is 0 Å². The van der Waals surface area contributed by atoms with E-state index in [4.69, 9.17) is 0 Å². The van der Waals surface area contributed by atoms with Crippen LogP contribution in [0.5, 0.6) is 0 Å². The smallest absolute Gasteiger partial charge is 0.0351 e. The van der Waals surface area contributed by atoms with E-state index < -0.39 is 0 Å². The Morgan fingerprint density at radius 1 is 0.667 bits per heavy atom. The Morgan fingerprint density at radius 3 is 1.33 bits per heavy atom. The molecule has 0 aromatic carbocycles.